The summed E-state index contributed by atoms with van der Waals surface area (Å²) in [5, 5.41) is 7.18. The summed E-state index contributed by atoms with van der Waals surface area (Å²) < 4.78 is 2.95. The van der Waals surface area contributed by atoms with Crippen LogP contribution in [0.25, 0.3) is 0 Å². The molecule has 0 atom stereocenters. The van der Waals surface area contributed by atoms with Crippen molar-refractivity contribution in [1.82, 2.24) is 29.5 Å². The highest BCUT2D eigenvalue weighted by atomic mass is 16.2. The summed E-state index contributed by atoms with van der Waals surface area (Å²) in [4.78, 5) is 41.5. The fourth-order valence-corrected chi connectivity index (χ4v) is 4.08. The van der Waals surface area contributed by atoms with Crippen LogP contribution in [0.5, 0.6) is 0 Å². The van der Waals surface area contributed by atoms with Gasteiger partial charge in [0.25, 0.3) is 5.91 Å². The summed E-state index contributed by atoms with van der Waals surface area (Å²) in [6, 6.07) is 7.32. The quantitative estimate of drug-likeness (QED) is 0.751. The van der Waals surface area contributed by atoms with E-state index in [2.05, 4.69) is 22.4 Å². The number of amides is 2. The van der Waals surface area contributed by atoms with Crippen LogP contribution < -0.4 is 11.0 Å². The molecule has 1 saturated heterocycles. The Morgan fingerprint density at radius 3 is 2.48 bits per heavy atom. The van der Waals surface area contributed by atoms with E-state index < -0.39 is 0 Å². The Hall–Kier alpha value is -2.94. The molecule has 0 unspecified atom stereocenters. The Kier molecular flexibility index (Phi) is 6.50. The van der Waals surface area contributed by atoms with E-state index in [1.165, 1.54) is 4.68 Å². The largest absolute Gasteiger partial charge is 0.350 e. The first-order valence-corrected chi connectivity index (χ1v) is 11.0. The highest BCUT2D eigenvalue weighted by molar-refractivity contribution is 5.94. The molecule has 1 aromatic carbocycles. The number of hydrogen-bond donors (Lipinski definition) is 1. The van der Waals surface area contributed by atoms with E-state index in [9.17, 15) is 14.4 Å². The van der Waals surface area contributed by atoms with Crippen LogP contribution in [-0.2, 0) is 30.8 Å². The third kappa shape index (κ3) is 5.04. The summed E-state index contributed by atoms with van der Waals surface area (Å²) in [6.07, 6.45) is 3.88. The van der Waals surface area contributed by atoms with E-state index >= 15 is 0 Å². The van der Waals surface area contributed by atoms with Crippen LogP contribution in [0.3, 0.4) is 0 Å². The third-order valence-corrected chi connectivity index (χ3v) is 6.06. The van der Waals surface area contributed by atoms with Crippen LogP contribution in [-0.4, -0.2) is 69.2 Å². The molecule has 31 heavy (non-hydrogen) atoms. The molecule has 2 aromatic rings. The number of aromatic nitrogens is 3. The Morgan fingerprint density at radius 2 is 1.74 bits per heavy atom. The Labute approximate surface area is 181 Å². The van der Waals surface area contributed by atoms with Gasteiger partial charge in [-0.3, -0.25) is 14.2 Å². The number of hydrogen-bond acceptors (Lipinski definition) is 5. The normalized spacial score (nSPS) is 17.1. The Balaban J connectivity index is 1.30. The van der Waals surface area contributed by atoms with E-state index in [0.29, 0.717) is 18.7 Å². The highest BCUT2D eigenvalue weighted by Crippen LogP contribution is 2.11. The van der Waals surface area contributed by atoms with Gasteiger partial charge in [-0.2, -0.15) is 5.10 Å². The van der Waals surface area contributed by atoms with Gasteiger partial charge in [0.1, 0.15) is 12.4 Å². The first-order valence-electron chi connectivity index (χ1n) is 11.0. The lowest BCUT2D eigenvalue weighted by atomic mass is 10.1. The fraction of sp³-hybridized carbons (Fsp3) is 0.545. The van der Waals surface area contributed by atoms with Gasteiger partial charge in [0.05, 0.1) is 0 Å². The van der Waals surface area contributed by atoms with Crippen molar-refractivity contribution in [3.8, 4) is 0 Å². The van der Waals surface area contributed by atoms with Crippen molar-refractivity contribution in [3.63, 3.8) is 0 Å². The minimum atomic E-state index is -0.257. The number of benzene rings is 1. The van der Waals surface area contributed by atoms with Gasteiger partial charge in [-0.05, 0) is 37.6 Å². The van der Waals surface area contributed by atoms with Crippen LogP contribution in [0.2, 0.25) is 0 Å². The van der Waals surface area contributed by atoms with Crippen molar-refractivity contribution < 1.29 is 9.59 Å². The molecule has 1 aromatic heterocycles. The van der Waals surface area contributed by atoms with Crippen LogP contribution in [0.4, 0.5) is 0 Å². The van der Waals surface area contributed by atoms with Gasteiger partial charge in [0.2, 0.25) is 5.91 Å². The maximum absolute atomic E-state index is 12.6. The van der Waals surface area contributed by atoms with Crippen LogP contribution in [0.1, 0.15) is 41.0 Å². The lowest BCUT2D eigenvalue weighted by molar-refractivity contribution is -0.122. The molecular formula is C22H30N6O3. The summed E-state index contributed by atoms with van der Waals surface area (Å²) in [7, 11) is 2.06. The zero-order chi connectivity index (χ0) is 21.8. The van der Waals surface area contributed by atoms with Gasteiger partial charge in [-0.15, -0.1) is 0 Å². The number of carbonyl (C=O) groups is 2. The molecule has 1 fully saturated rings. The number of rotatable bonds is 5. The minimum Gasteiger partial charge on any atom is -0.350 e. The molecule has 166 valence electrons. The number of piperazine rings is 1. The van der Waals surface area contributed by atoms with Crippen molar-refractivity contribution in [2.45, 2.75) is 45.3 Å². The number of fused-ring (bicyclic) bond motifs is 1. The highest BCUT2D eigenvalue weighted by Gasteiger charge is 2.20. The maximum Gasteiger partial charge on any atom is 0.346 e. The Morgan fingerprint density at radius 1 is 1.00 bits per heavy atom. The monoisotopic (exact) mass is 426 g/mol. The second kappa shape index (κ2) is 9.47. The number of carbonyl (C=O) groups excluding carboxylic acids is 2. The van der Waals surface area contributed by atoms with Crippen LogP contribution in [0, 0.1) is 0 Å². The van der Waals surface area contributed by atoms with E-state index in [1.807, 2.05) is 17.0 Å². The predicted molar refractivity (Wildman–Crippen MR) is 116 cm³/mol. The lowest BCUT2D eigenvalue weighted by Gasteiger charge is -2.32. The van der Waals surface area contributed by atoms with Gasteiger partial charge in [-0.1, -0.05) is 18.6 Å². The van der Waals surface area contributed by atoms with Crippen molar-refractivity contribution in [2.24, 2.45) is 0 Å². The summed E-state index contributed by atoms with van der Waals surface area (Å²) in [6.45, 7) is 4.18. The number of nitrogens with zero attached hydrogens (tertiary/aromatic N) is 5. The zero-order valence-corrected chi connectivity index (χ0v) is 18.0. The van der Waals surface area contributed by atoms with Crippen molar-refractivity contribution >= 4 is 11.8 Å². The van der Waals surface area contributed by atoms with E-state index in [0.717, 1.165) is 63.3 Å². The molecule has 9 nitrogen and oxygen atoms in total. The standard InChI is InChI=1S/C22H30N6O3/c1-25-11-13-26(14-12-25)21(30)18-8-6-17(7-9-18)15-23-20(29)16-28-22(31)27-10-4-2-3-5-19(27)24-28/h6-9H,2-5,10-16H2,1H3,(H,23,29). The molecule has 0 radical (unpaired) electrons. The summed E-state index contributed by atoms with van der Waals surface area (Å²) >= 11 is 0. The summed E-state index contributed by atoms with van der Waals surface area (Å²) in [5.41, 5.74) is 1.35. The van der Waals surface area contributed by atoms with E-state index in [-0.39, 0.29) is 24.0 Å². The van der Waals surface area contributed by atoms with Crippen LogP contribution in [0.15, 0.2) is 29.1 Å². The van der Waals surface area contributed by atoms with Gasteiger partial charge in [0, 0.05) is 51.3 Å². The van der Waals surface area contributed by atoms with Gasteiger partial charge in [-0.25, -0.2) is 9.48 Å². The molecule has 0 aliphatic carbocycles. The van der Waals surface area contributed by atoms with E-state index in [1.54, 1.807) is 16.7 Å². The molecule has 9 heteroatoms. The molecule has 0 saturated carbocycles. The average molecular weight is 427 g/mol. The SMILES string of the molecule is CN1CCN(C(=O)c2ccc(CNC(=O)Cn3nc4n(c3=O)CCCCC4)cc2)CC1. The van der Waals surface area contributed by atoms with Crippen molar-refractivity contribution in [3.05, 3.63) is 51.7 Å². The van der Waals surface area contributed by atoms with Gasteiger partial charge in [0.15, 0.2) is 0 Å². The first-order chi connectivity index (χ1) is 15.0. The van der Waals surface area contributed by atoms with Crippen molar-refractivity contribution in [1.29, 1.82) is 0 Å². The number of aryl methyl sites for hydroxylation is 1. The first kappa shape index (κ1) is 21.3. The third-order valence-electron chi connectivity index (χ3n) is 6.06. The fourth-order valence-electron chi connectivity index (χ4n) is 4.08. The second-order valence-electron chi connectivity index (χ2n) is 8.39. The molecule has 2 aliphatic heterocycles. The molecular weight excluding hydrogens is 396 g/mol. The molecule has 2 aliphatic rings. The summed E-state index contributed by atoms with van der Waals surface area (Å²) in [5.74, 6) is 0.562. The maximum atomic E-state index is 12.6. The minimum absolute atomic E-state index is 0.0441. The number of likely N-dealkylation sites (N-methyl/N-ethyl adjacent to an activating group) is 1. The number of nitrogens with one attached hydrogen (secondary N) is 1. The molecule has 3 heterocycles. The second-order valence-corrected chi connectivity index (χ2v) is 8.39. The van der Waals surface area contributed by atoms with Crippen molar-refractivity contribution in [2.75, 3.05) is 33.2 Å². The lowest BCUT2D eigenvalue weighted by Crippen LogP contribution is -2.47. The Bertz CT molecular complexity index is 986. The molecule has 0 bridgehead atoms. The molecule has 0 spiro atoms. The van der Waals surface area contributed by atoms with Gasteiger partial charge < -0.3 is 15.1 Å². The average Bonchev–Trinajstić information content (AvgIpc) is 2.94. The van der Waals surface area contributed by atoms with Gasteiger partial charge >= 0.3 is 5.69 Å². The smallest absolute Gasteiger partial charge is 0.346 e. The topological polar surface area (TPSA) is 92.5 Å². The molecule has 2 amide bonds. The molecule has 1 N–H and O–H groups in total. The molecule has 4 rings (SSSR count). The van der Waals surface area contributed by atoms with Crippen LogP contribution >= 0.6 is 0 Å². The predicted octanol–water partition coefficient (Wildman–Crippen LogP) is 0.475. The van der Waals surface area contributed by atoms with E-state index in [4.69, 9.17) is 0 Å². The zero-order valence-electron chi connectivity index (χ0n) is 18.0.